The molecule has 5 heteroatoms. The topological polar surface area (TPSA) is 41.1 Å². The van der Waals surface area contributed by atoms with Crippen LogP contribution in [0, 0.1) is 11.7 Å². The summed E-state index contributed by atoms with van der Waals surface area (Å²) in [5, 5.41) is 6.09. The van der Waals surface area contributed by atoms with E-state index in [4.69, 9.17) is 0 Å². The molecule has 0 atom stereocenters. The van der Waals surface area contributed by atoms with Crippen LogP contribution < -0.4 is 10.6 Å². The van der Waals surface area contributed by atoms with E-state index in [0.717, 1.165) is 22.9 Å². The van der Waals surface area contributed by atoms with E-state index in [2.05, 4.69) is 26.6 Å². The lowest BCUT2D eigenvalue weighted by molar-refractivity contribution is -0.122. The Balaban J connectivity index is 1.63. The van der Waals surface area contributed by atoms with Crippen LogP contribution in [0.25, 0.3) is 0 Å². The molecule has 98 valence electrons. The highest BCUT2D eigenvalue weighted by atomic mass is 79.9. The van der Waals surface area contributed by atoms with E-state index < -0.39 is 0 Å². The van der Waals surface area contributed by atoms with Crippen molar-refractivity contribution in [1.29, 1.82) is 0 Å². The fourth-order valence-electron chi connectivity index (χ4n) is 1.65. The summed E-state index contributed by atoms with van der Waals surface area (Å²) in [6, 6.07) is 4.64. The SMILES string of the molecule is O=C(NCCNCc1ccc(F)cc1Br)C1CC1. The molecular weight excluding hydrogens is 299 g/mol. The Morgan fingerprint density at radius 2 is 2.17 bits per heavy atom. The van der Waals surface area contributed by atoms with Gasteiger partial charge in [-0.2, -0.15) is 0 Å². The Labute approximate surface area is 114 Å². The van der Waals surface area contributed by atoms with Gasteiger partial charge in [0, 0.05) is 30.0 Å². The maximum Gasteiger partial charge on any atom is 0.223 e. The first-order valence-electron chi connectivity index (χ1n) is 6.09. The molecule has 0 spiro atoms. The summed E-state index contributed by atoms with van der Waals surface area (Å²) in [4.78, 5) is 11.3. The molecule has 0 saturated heterocycles. The molecule has 0 heterocycles. The molecule has 0 radical (unpaired) electrons. The number of hydrogen-bond donors (Lipinski definition) is 2. The van der Waals surface area contributed by atoms with Crippen LogP contribution in [0.1, 0.15) is 18.4 Å². The van der Waals surface area contributed by atoms with Gasteiger partial charge in [0.15, 0.2) is 0 Å². The van der Waals surface area contributed by atoms with E-state index in [0.29, 0.717) is 19.6 Å². The van der Waals surface area contributed by atoms with Crippen molar-refractivity contribution < 1.29 is 9.18 Å². The number of benzene rings is 1. The largest absolute Gasteiger partial charge is 0.355 e. The minimum absolute atomic E-state index is 0.166. The molecule has 1 aliphatic carbocycles. The van der Waals surface area contributed by atoms with E-state index in [-0.39, 0.29) is 17.6 Å². The second-order valence-corrected chi connectivity index (χ2v) is 5.33. The predicted molar refractivity (Wildman–Crippen MR) is 71.5 cm³/mol. The lowest BCUT2D eigenvalue weighted by atomic mass is 10.2. The molecule has 3 nitrogen and oxygen atoms in total. The number of halogens is 2. The molecular formula is C13H16BrFN2O. The van der Waals surface area contributed by atoms with Crippen molar-refractivity contribution in [2.24, 2.45) is 5.92 Å². The zero-order valence-electron chi connectivity index (χ0n) is 10.0. The van der Waals surface area contributed by atoms with Crippen LogP contribution in [0.3, 0.4) is 0 Å². The number of rotatable bonds is 6. The molecule has 18 heavy (non-hydrogen) atoms. The van der Waals surface area contributed by atoms with Crippen LogP contribution >= 0.6 is 15.9 Å². The van der Waals surface area contributed by atoms with E-state index in [1.807, 2.05) is 0 Å². The zero-order chi connectivity index (χ0) is 13.0. The van der Waals surface area contributed by atoms with Crippen molar-refractivity contribution in [2.75, 3.05) is 13.1 Å². The molecule has 0 aliphatic heterocycles. The first-order chi connectivity index (χ1) is 8.66. The van der Waals surface area contributed by atoms with Crippen LogP contribution in [-0.2, 0) is 11.3 Å². The Kier molecular flexibility index (Phi) is 4.72. The van der Waals surface area contributed by atoms with Gasteiger partial charge in [0.25, 0.3) is 0 Å². The van der Waals surface area contributed by atoms with Gasteiger partial charge >= 0.3 is 0 Å². The summed E-state index contributed by atoms with van der Waals surface area (Å²) in [6.45, 7) is 2.00. The van der Waals surface area contributed by atoms with Gasteiger partial charge in [-0.25, -0.2) is 4.39 Å². The van der Waals surface area contributed by atoms with Gasteiger partial charge in [0.2, 0.25) is 5.91 Å². The molecule has 1 aliphatic rings. The maximum atomic E-state index is 12.9. The zero-order valence-corrected chi connectivity index (χ0v) is 11.6. The summed E-state index contributed by atoms with van der Waals surface area (Å²) >= 11 is 3.32. The van der Waals surface area contributed by atoms with Gasteiger partial charge in [-0.1, -0.05) is 22.0 Å². The molecule has 1 amide bonds. The molecule has 1 aromatic rings. The maximum absolute atomic E-state index is 12.9. The predicted octanol–water partition coefficient (Wildman–Crippen LogP) is 2.20. The Hall–Kier alpha value is -0.940. The van der Waals surface area contributed by atoms with Gasteiger partial charge in [-0.05, 0) is 30.5 Å². The minimum Gasteiger partial charge on any atom is -0.355 e. The Morgan fingerprint density at radius 1 is 1.39 bits per heavy atom. The van der Waals surface area contributed by atoms with Crippen molar-refractivity contribution in [3.8, 4) is 0 Å². The molecule has 1 aromatic carbocycles. The second-order valence-electron chi connectivity index (χ2n) is 4.48. The summed E-state index contributed by atoms with van der Waals surface area (Å²) in [6.07, 6.45) is 2.06. The monoisotopic (exact) mass is 314 g/mol. The average Bonchev–Trinajstić information content (AvgIpc) is 3.15. The van der Waals surface area contributed by atoms with Crippen molar-refractivity contribution in [2.45, 2.75) is 19.4 Å². The van der Waals surface area contributed by atoms with Gasteiger partial charge in [-0.15, -0.1) is 0 Å². The van der Waals surface area contributed by atoms with Crippen LogP contribution in [0.5, 0.6) is 0 Å². The van der Waals surface area contributed by atoms with Gasteiger partial charge in [0.05, 0.1) is 0 Å². The van der Waals surface area contributed by atoms with Crippen molar-refractivity contribution in [3.05, 3.63) is 34.1 Å². The first kappa shape index (κ1) is 13.5. The van der Waals surface area contributed by atoms with Crippen LogP contribution in [0.2, 0.25) is 0 Å². The number of hydrogen-bond acceptors (Lipinski definition) is 2. The average molecular weight is 315 g/mol. The fourth-order valence-corrected chi connectivity index (χ4v) is 2.14. The van der Waals surface area contributed by atoms with Crippen LogP contribution in [0.4, 0.5) is 4.39 Å². The summed E-state index contributed by atoms with van der Waals surface area (Å²) in [7, 11) is 0. The van der Waals surface area contributed by atoms with E-state index >= 15 is 0 Å². The first-order valence-corrected chi connectivity index (χ1v) is 6.88. The molecule has 2 rings (SSSR count). The second kappa shape index (κ2) is 6.29. The molecule has 1 fully saturated rings. The van der Waals surface area contributed by atoms with Gasteiger partial charge in [-0.3, -0.25) is 4.79 Å². The highest BCUT2D eigenvalue weighted by molar-refractivity contribution is 9.10. The fraction of sp³-hybridized carbons (Fsp3) is 0.462. The lowest BCUT2D eigenvalue weighted by Gasteiger charge is -2.08. The molecule has 0 aromatic heterocycles. The van der Waals surface area contributed by atoms with Crippen molar-refractivity contribution >= 4 is 21.8 Å². The normalized spacial score (nSPS) is 14.6. The number of nitrogens with one attached hydrogen (secondary N) is 2. The van der Waals surface area contributed by atoms with E-state index in [9.17, 15) is 9.18 Å². The third-order valence-corrected chi connectivity index (χ3v) is 3.62. The number of carbonyl (C=O) groups excluding carboxylic acids is 1. The van der Waals surface area contributed by atoms with Crippen LogP contribution in [-0.4, -0.2) is 19.0 Å². The highest BCUT2D eigenvalue weighted by Crippen LogP contribution is 2.28. The standard InChI is InChI=1S/C13H16BrFN2O/c14-12-7-11(15)4-3-10(12)8-16-5-6-17-13(18)9-1-2-9/h3-4,7,9,16H,1-2,5-6,8H2,(H,17,18). The number of carbonyl (C=O) groups is 1. The summed E-state index contributed by atoms with van der Waals surface area (Å²) in [5.41, 5.74) is 1.00. The van der Waals surface area contributed by atoms with Crippen molar-refractivity contribution in [1.82, 2.24) is 10.6 Å². The van der Waals surface area contributed by atoms with Gasteiger partial charge < -0.3 is 10.6 Å². The summed E-state index contributed by atoms with van der Waals surface area (Å²) in [5.74, 6) is 0.179. The Morgan fingerprint density at radius 3 is 2.83 bits per heavy atom. The molecule has 2 N–H and O–H groups in total. The lowest BCUT2D eigenvalue weighted by Crippen LogP contribution is -2.32. The van der Waals surface area contributed by atoms with E-state index in [1.54, 1.807) is 6.07 Å². The quantitative estimate of drug-likeness (QED) is 0.790. The van der Waals surface area contributed by atoms with Crippen molar-refractivity contribution in [3.63, 3.8) is 0 Å². The Bertz CT molecular complexity index is 435. The molecule has 0 bridgehead atoms. The minimum atomic E-state index is -0.248. The van der Waals surface area contributed by atoms with Crippen LogP contribution in [0.15, 0.2) is 22.7 Å². The smallest absolute Gasteiger partial charge is 0.223 e. The third kappa shape index (κ3) is 4.07. The number of amides is 1. The molecule has 1 saturated carbocycles. The van der Waals surface area contributed by atoms with Gasteiger partial charge in [0.1, 0.15) is 5.82 Å². The molecule has 0 unspecified atom stereocenters. The highest BCUT2D eigenvalue weighted by Gasteiger charge is 2.28. The third-order valence-electron chi connectivity index (χ3n) is 2.88. The van der Waals surface area contributed by atoms with E-state index in [1.165, 1.54) is 12.1 Å². The summed E-state index contributed by atoms with van der Waals surface area (Å²) < 4.78 is 13.6.